The number of ether oxygens (including phenoxy) is 1. The summed E-state index contributed by atoms with van der Waals surface area (Å²) in [7, 11) is -2.98. The molecular weight excluding hydrogens is 252 g/mol. The van der Waals surface area contributed by atoms with E-state index in [1.807, 2.05) is 13.0 Å². The fourth-order valence-electron chi connectivity index (χ4n) is 1.49. The Bertz CT molecular complexity index is 443. The largest absolute Gasteiger partial charge is 0.491 e. The van der Waals surface area contributed by atoms with Gasteiger partial charge in [0.2, 0.25) is 0 Å². The Morgan fingerprint density at radius 3 is 2.67 bits per heavy atom. The van der Waals surface area contributed by atoms with Crippen LogP contribution in [0.3, 0.4) is 0 Å². The molecule has 0 unspecified atom stereocenters. The van der Waals surface area contributed by atoms with Crippen LogP contribution in [0.4, 0.5) is 0 Å². The first kappa shape index (κ1) is 14.9. The molecule has 1 aromatic rings. The molecule has 0 saturated carbocycles. The highest BCUT2D eigenvalue weighted by atomic mass is 32.2. The zero-order chi connectivity index (χ0) is 13.4. The summed E-state index contributed by atoms with van der Waals surface area (Å²) >= 11 is 0. The molecule has 0 fully saturated rings. The molecule has 2 N–H and O–H groups in total. The lowest BCUT2D eigenvalue weighted by Gasteiger charge is -2.07. The van der Waals surface area contributed by atoms with Crippen molar-refractivity contribution < 1.29 is 13.2 Å². The van der Waals surface area contributed by atoms with E-state index in [4.69, 9.17) is 10.5 Å². The minimum atomic E-state index is -2.98. The summed E-state index contributed by atoms with van der Waals surface area (Å²) in [5.41, 5.74) is 6.32. The van der Waals surface area contributed by atoms with E-state index in [0.717, 1.165) is 12.1 Å². The van der Waals surface area contributed by atoms with Gasteiger partial charge in [-0.15, -0.1) is 0 Å². The second-order valence-electron chi connectivity index (χ2n) is 4.02. The first-order valence-corrected chi connectivity index (χ1v) is 7.87. The van der Waals surface area contributed by atoms with Crippen molar-refractivity contribution in [3.63, 3.8) is 0 Å². The highest BCUT2D eigenvalue weighted by Crippen LogP contribution is 2.09. The van der Waals surface area contributed by atoms with Crippen LogP contribution in [0.2, 0.25) is 0 Å². The highest BCUT2D eigenvalue weighted by molar-refractivity contribution is 7.91. The van der Waals surface area contributed by atoms with E-state index in [1.165, 1.54) is 0 Å². The van der Waals surface area contributed by atoms with Crippen molar-refractivity contribution in [2.24, 2.45) is 5.73 Å². The van der Waals surface area contributed by atoms with E-state index >= 15 is 0 Å². The molecule has 102 valence electrons. The summed E-state index contributed by atoms with van der Waals surface area (Å²) < 4.78 is 28.2. The molecule has 0 radical (unpaired) electrons. The number of hydrogen-bond donors (Lipinski definition) is 1. The number of nitrogens with two attached hydrogens (primary N) is 1. The van der Waals surface area contributed by atoms with Gasteiger partial charge in [-0.1, -0.05) is 6.92 Å². The fraction of sp³-hybridized carbons (Fsp3) is 0.583. The van der Waals surface area contributed by atoms with Crippen LogP contribution in [0.5, 0.6) is 5.75 Å². The molecule has 18 heavy (non-hydrogen) atoms. The summed E-state index contributed by atoms with van der Waals surface area (Å²) in [4.78, 5) is 4.17. The van der Waals surface area contributed by atoms with Gasteiger partial charge in [0.15, 0.2) is 9.84 Å². The Morgan fingerprint density at radius 1 is 1.33 bits per heavy atom. The van der Waals surface area contributed by atoms with Crippen LogP contribution in [0, 0.1) is 0 Å². The van der Waals surface area contributed by atoms with Gasteiger partial charge in [0.05, 0.1) is 17.7 Å². The van der Waals surface area contributed by atoms with Crippen molar-refractivity contribution in [1.29, 1.82) is 0 Å². The number of aromatic nitrogens is 1. The van der Waals surface area contributed by atoms with Gasteiger partial charge in [-0.25, -0.2) is 8.42 Å². The van der Waals surface area contributed by atoms with E-state index in [1.54, 1.807) is 12.3 Å². The maximum absolute atomic E-state index is 11.5. The summed E-state index contributed by atoms with van der Waals surface area (Å²) in [5.74, 6) is 0.845. The monoisotopic (exact) mass is 272 g/mol. The lowest BCUT2D eigenvalue weighted by Crippen LogP contribution is -2.16. The molecular formula is C12H20N2O3S. The maximum Gasteiger partial charge on any atom is 0.153 e. The molecule has 0 aromatic carbocycles. The predicted octanol–water partition coefficient (Wildman–Crippen LogP) is 0.786. The number of nitrogens with zero attached hydrogens (tertiary/aromatic N) is 1. The molecule has 6 heteroatoms. The second kappa shape index (κ2) is 7.33. The molecule has 0 aliphatic rings. The smallest absolute Gasteiger partial charge is 0.153 e. The van der Waals surface area contributed by atoms with Gasteiger partial charge in [-0.3, -0.25) is 4.98 Å². The summed E-state index contributed by atoms with van der Waals surface area (Å²) in [6.07, 6.45) is 2.96. The average molecular weight is 272 g/mol. The molecule has 0 saturated heterocycles. The third-order valence-corrected chi connectivity index (χ3v) is 4.20. The van der Waals surface area contributed by atoms with Crippen molar-refractivity contribution in [1.82, 2.24) is 4.98 Å². The van der Waals surface area contributed by atoms with Crippen LogP contribution in [-0.4, -0.2) is 38.1 Å². The maximum atomic E-state index is 11.5. The zero-order valence-electron chi connectivity index (χ0n) is 10.6. The van der Waals surface area contributed by atoms with Gasteiger partial charge in [-0.2, -0.15) is 0 Å². The fourth-order valence-corrected chi connectivity index (χ4v) is 2.66. The number of sulfone groups is 1. The van der Waals surface area contributed by atoms with Gasteiger partial charge in [-0.05, 0) is 25.1 Å². The van der Waals surface area contributed by atoms with Crippen molar-refractivity contribution in [3.8, 4) is 5.75 Å². The van der Waals surface area contributed by atoms with Crippen molar-refractivity contribution >= 4 is 9.84 Å². The van der Waals surface area contributed by atoms with Crippen LogP contribution >= 0.6 is 0 Å². The van der Waals surface area contributed by atoms with E-state index in [-0.39, 0.29) is 18.1 Å². The summed E-state index contributed by atoms with van der Waals surface area (Å²) in [6.45, 7) is 2.57. The molecule has 5 nitrogen and oxygen atoms in total. The lowest BCUT2D eigenvalue weighted by atomic mass is 10.3. The molecule has 0 atom stereocenters. The van der Waals surface area contributed by atoms with Gasteiger partial charge >= 0.3 is 0 Å². The minimum Gasteiger partial charge on any atom is -0.491 e. The predicted molar refractivity (Wildman–Crippen MR) is 71.4 cm³/mol. The van der Waals surface area contributed by atoms with Crippen molar-refractivity contribution in [2.75, 3.05) is 24.7 Å². The standard InChI is InChI=1S/C12H20N2O3S/c1-2-8-18(15,16)9-7-17-12-4-3-11(5-6-13)14-10-12/h3-4,10H,2,5-9,13H2,1H3. The average Bonchev–Trinajstić information content (AvgIpc) is 2.31. The van der Waals surface area contributed by atoms with E-state index in [0.29, 0.717) is 18.7 Å². The van der Waals surface area contributed by atoms with Gasteiger partial charge < -0.3 is 10.5 Å². The molecule has 1 heterocycles. The Balaban J connectivity index is 2.40. The Hall–Kier alpha value is -1.14. The molecule has 1 aromatic heterocycles. The van der Waals surface area contributed by atoms with Gasteiger partial charge in [0, 0.05) is 12.1 Å². The Kier molecular flexibility index (Phi) is 6.07. The molecule has 0 aliphatic heterocycles. The zero-order valence-corrected chi connectivity index (χ0v) is 11.4. The van der Waals surface area contributed by atoms with E-state index in [9.17, 15) is 8.42 Å². The number of hydrogen-bond acceptors (Lipinski definition) is 5. The highest BCUT2D eigenvalue weighted by Gasteiger charge is 2.09. The first-order valence-electron chi connectivity index (χ1n) is 6.05. The third-order valence-electron chi connectivity index (χ3n) is 2.38. The lowest BCUT2D eigenvalue weighted by molar-refractivity contribution is 0.339. The minimum absolute atomic E-state index is 0.0470. The number of rotatable bonds is 8. The van der Waals surface area contributed by atoms with Crippen LogP contribution in [0.25, 0.3) is 0 Å². The van der Waals surface area contributed by atoms with Gasteiger partial charge in [0.25, 0.3) is 0 Å². The quantitative estimate of drug-likeness (QED) is 0.756. The second-order valence-corrected chi connectivity index (χ2v) is 6.33. The van der Waals surface area contributed by atoms with E-state index in [2.05, 4.69) is 4.98 Å². The van der Waals surface area contributed by atoms with Crippen LogP contribution in [-0.2, 0) is 16.3 Å². The molecule has 0 aliphatic carbocycles. The molecule has 0 spiro atoms. The molecule has 0 bridgehead atoms. The summed E-state index contributed by atoms with van der Waals surface area (Å²) in [6, 6.07) is 3.62. The molecule has 0 amide bonds. The normalized spacial score (nSPS) is 11.4. The number of pyridine rings is 1. The van der Waals surface area contributed by atoms with E-state index < -0.39 is 9.84 Å². The SMILES string of the molecule is CCCS(=O)(=O)CCOc1ccc(CCN)nc1. The van der Waals surface area contributed by atoms with Crippen LogP contribution < -0.4 is 10.5 Å². The van der Waals surface area contributed by atoms with Crippen molar-refractivity contribution in [3.05, 3.63) is 24.0 Å². The first-order chi connectivity index (χ1) is 8.57. The Morgan fingerprint density at radius 2 is 2.11 bits per heavy atom. The topological polar surface area (TPSA) is 82.3 Å². The molecule has 1 rings (SSSR count). The summed E-state index contributed by atoms with van der Waals surface area (Å²) in [5, 5.41) is 0. The van der Waals surface area contributed by atoms with Crippen LogP contribution in [0.1, 0.15) is 19.0 Å². The third kappa shape index (κ3) is 5.46. The Labute approximate surface area is 108 Å². The van der Waals surface area contributed by atoms with Crippen LogP contribution in [0.15, 0.2) is 18.3 Å². The van der Waals surface area contributed by atoms with Gasteiger partial charge in [0.1, 0.15) is 12.4 Å². The van der Waals surface area contributed by atoms with Crippen molar-refractivity contribution in [2.45, 2.75) is 19.8 Å².